The topological polar surface area (TPSA) is 74.8 Å². The van der Waals surface area contributed by atoms with Gasteiger partial charge in [-0.05, 0) is 6.07 Å². The van der Waals surface area contributed by atoms with Gasteiger partial charge in [0.15, 0.2) is 17.4 Å². The maximum absolute atomic E-state index is 13.8. The molecular formula is C20H23FN4O3S. The first-order valence-electron chi connectivity index (χ1n) is 9.27. The number of aromatic nitrogens is 1. The summed E-state index contributed by atoms with van der Waals surface area (Å²) in [5, 5.41) is 5.16. The van der Waals surface area contributed by atoms with Crippen LogP contribution in [-0.4, -0.2) is 66.0 Å². The van der Waals surface area contributed by atoms with E-state index >= 15 is 0 Å². The van der Waals surface area contributed by atoms with Crippen LogP contribution in [0.15, 0.2) is 42.3 Å². The second-order valence-corrected chi connectivity index (χ2v) is 7.39. The first-order valence-corrected chi connectivity index (χ1v) is 10.2. The lowest BCUT2D eigenvalue weighted by atomic mass is 10.2. The van der Waals surface area contributed by atoms with Gasteiger partial charge < -0.3 is 15.0 Å². The number of benzene rings is 1. The lowest BCUT2D eigenvalue weighted by molar-refractivity contribution is -0.136. The molecule has 0 radical (unpaired) electrons. The summed E-state index contributed by atoms with van der Waals surface area (Å²) in [5.74, 6) is -1.09. The van der Waals surface area contributed by atoms with Crippen LogP contribution in [-0.2, 0) is 16.1 Å². The number of nitrogens with one attached hydrogen (secondary N) is 1. The van der Waals surface area contributed by atoms with Gasteiger partial charge in [-0.2, -0.15) is 0 Å². The highest BCUT2D eigenvalue weighted by Crippen LogP contribution is 2.16. The average Bonchev–Trinajstić information content (AvgIpc) is 3.21. The number of nitrogens with zero attached hydrogens (tertiary/aromatic N) is 3. The largest absolute Gasteiger partial charge is 0.451 e. The third-order valence-electron chi connectivity index (χ3n) is 4.51. The molecule has 1 amide bonds. The Bertz CT molecular complexity index is 865. The number of halogens is 1. The predicted molar refractivity (Wildman–Crippen MR) is 109 cm³/mol. The van der Waals surface area contributed by atoms with Crippen molar-refractivity contribution in [1.29, 1.82) is 0 Å². The van der Waals surface area contributed by atoms with E-state index in [-0.39, 0.29) is 24.0 Å². The zero-order valence-corrected chi connectivity index (χ0v) is 16.8. The predicted octanol–water partition coefficient (Wildman–Crippen LogP) is 2.38. The fourth-order valence-corrected chi connectivity index (χ4v) is 3.61. The number of anilines is 1. The number of rotatable bonds is 8. The van der Waals surface area contributed by atoms with Crippen LogP contribution in [0.3, 0.4) is 0 Å². The number of hydrogen-bond acceptors (Lipinski definition) is 7. The molecular weight excluding hydrogens is 395 g/mol. The Hall–Kier alpha value is -2.78. The number of carbonyl (C=O) groups is 2. The van der Waals surface area contributed by atoms with Crippen LogP contribution in [0.2, 0.25) is 0 Å². The minimum atomic E-state index is -0.626. The van der Waals surface area contributed by atoms with E-state index < -0.39 is 5.97 Å². The zero-order chi connectivity index (χ0) is 20.6. The molecule has 1 N–H and O–H groups in total. The molecule has 0 atom stereocenters. The number of piperazine rings is 1. The van der Waals surface area contributed by atoms with E-state index in [4.69, 9.17) is 4.74 Å². The molecule has 1 aromatic heterocycles. The Labute approximate surface area is 172 Å². The Morgan fingerprint density at radius 2 is 2.03 bits per heavy atom. The van der Waals surface area contributed by atoms with Crippen LogP contribution >= 0.6 is 11.3 Å². The number of esters is 1. The molecule has 0 bridgehead atoms. The fourth-order valence-electron chi connectivity index (χ4n) is 2.92. The van der Waals surface area contributed by atoms with Crippen molar-refractivity contribution in [3.05, 3.63) is 59.4 Å². The van der Waals surface area contributed by atoms with Crippen molar-refractivity contribution in [1.82, 2.24) is 14.8 Å². The monoisotopic (exact) mass is 418 g/mol. The molecule has 2 heterocycles. The normalized spacial score (nSPS) is 14.4. The van der Waals surface area contributed by atoms with E-state index in [2.05, 4.69) is 21.8 Å². The Morgan fingerprint density at radius 3 is 2.76 bits per heavy atom. The first-order chi connectivity index (χ1) is 14.1. The maximum atomic E-state index is 13.8. The van der Waals surface area contributed by atoms with Crippen molar-refractivity contribution in [3.8, 4) is 0 Å². The Morgan fingerprint density at radius 1 is 1.28 bits per heavy atom. The van der Waals surface area contributed by atoms with Gasteiger partial charge in [0.25, 0.3) is 5.91 Å². The third kappa shape index (κ3) is 5.85. The van der Waals surface area contributed by atoms with Gasteiger partial charge in [0.2, 0.25) is 0 Å². The first kappa shape index (κ1) is 20.9. The van der Waals surface area contributed by atoms with E-state index in [0.717, 1.165) is 0 Å². The van der Waals surface area contributed by atoms with Crippen LogP contribution < -0.4 is 5.32 Å². The number of hydrogen-bond donors (Lipinski definition) is 1. The molecule has 1 aliphatic heterocycles. The molecule has 3 rings (SSSR count). The zero-order valence-electron chi connectivity index (χ0n) is 16.0. The van der Waals surface area contributed by atoms with Gasteiger partial charge >= 0.3 is 5.97 Å². The highest BCUT2D eigenvalue weighted by atomic mass is 32.1. The summed E-state index contributed by atoms with van der Waals surface area (Å²) in [5.41, 5.74) is 0.815. The molecule has 2 aromatic rings. The molecule has 0 unspecified atom stereocenters. The maximum Gasteiger partial charge on any atom is 0.358 e. The van der Waals surface area contributed by atoms with Gasteiger partial charge in [0, 0.05) is 50.2 Å². The van der Waals surface area contributed by atoms with Gasteiger partial charge in [-0.1, -0.05) is 24.3 Å². The van der Waals surface area contributed by atoms with Crippen molar-refractivity contribution in [2.75, 3.05) is 44.6 Å². The average molecular weight is 418 g/mol. The molecule has 0 aliphatic carbocycles. The van der Waals surface area contributed by atoms with E-state index in [1.807, 2.05) is 6.07 Å². The van der Waals surface area contributed by atoms with Crippen molar-refractivity contribution in [2.24, 2.45) is 0 Å². The number of ether oxygens (including phenoxy) is 1. The van der Waals surface area contributed by atoms with Crippen LogP contribution in [0.1, 0.15) is 16.1 Å². The summed E-state index contributed by atoms with van der Waals surface area (Å²) < 4.78 is 18.9. The molecule has 1 aromatic carbocycles. The number of thiazole rings is 1. The minimum Gasteiger partial charge on any atom is -0.451 e. The van der Waals surface area contributed by atoms with Crippen molar-refractivity contribution in [3.63, 3.8) is 0 Å². The summed E-state index contributed by atoms with van der Waals surface area (Å²) in [6.45, 7) is 6.63. The number of amides is 1. The molecule has 0 saturated carbocycles. The highest BCUT2D eigenvalue weighted by Gasteiger charge is 2.23. The van der Waals surface area contributed by atoms with Crippen LogP contribution in [0.25, 0.3) is 0 Å². The van der Waals surface area contributed by atoms with E-state index in [1.165, 1.54) is 17.4 Å². The van der Waals surface area contributed by atoms with Crippen LogP contribution in [0.5, 0.6) is 0 Å². The molecule has 0 spiro atoms. The highest BCUT2D eigenvalue weighted by molar-refractivity contribution is 7.13. The summed E-state index contributed by atoms with van der Waals surface area (Å²) in [4.78, 5) is 32.3. The fraction of sp³-hybridized carbons (Fsp3) is 0.350. The standard InChI is InChI=1S/C20H23FN4O3S/c1-2-7-22-20-23-17(14-29-20)19(27)28-13-18(26)25-10-8-24(9-11-25)12-15-5-3-4-6-16(15)21/h2-6,14H,1,7-13H2,(H,22,23). The van der Waals surface area contributed by atoms with E-state index in [0.29, 0.717) is 50.0 Å². The minimum absolute atomic E-state index is 0.170. The summed E-state index contributed by atoms with van der Waals surface area (Å²) in [6.07, 6.45) is 1.69. The van der Waals surface area contributed by atoms with Crippen molar-refractivity contribution in [2.45, 2.75) is 6.54 Å². The van der Waals surface area contributed by atoms with Gasteiger partial charge in [0.05, 0.1) is 0 Å². The summed E-state index contributed by atoms with van der Waals surface area (Å²) >= 11 is 1.28. The Kier molecular flexibility index (Phi) is 7.31. The SMILES string of the molecule is C=CCNc1nc(C(=O)OCC(=O)N2CCN(Cc3ccccc3F)CC2)cs1. The second kappa shape index (κ2) is 10.1. The van der Waals surface area contributed by atoms with Gasteiger partial charge in [-0.15, -0.1) is 17.9 Å². The van der Waals surface area contributed by atoms with Crippen LogP contribution in [0.4, 0.5) is 9.52 Å². The van der Waals surface area contributed by atoms with Gasteiger partial charge in [-0.25, -0.2) is 14.2 Å². The molecule has 29 heavy (non-hydrogen) atoms. The van der Waals surface area contributed by atoms with E-state index in [1.54, 1.807) is 28.5 Å². The molecule has 1 aliphatic rings. The molecule has 1 saturated heterocycles. The van der Waals surface area contributed by atoms with Gasteiger partial charge in [0.1, 0.15) is 5.82 Å². The molecule has 7 nitrogen and oxygen atoms in total. The Balaban J connectivity index is 1.41. The van der Waals surface area contributed by atoms with Crippen LogP contribution in [0, 0.1) is 5.82 Å². The quantitative estimate of drug-likeness (QED) is 0.524. The summed E-state index contributed by atoms with van der Waals surface area (Å²) in [7, 11) is 0. The van der Waals surface area contributed by atoms with E-state index in [9.17, 15) is 14.0 Å². The number of carbonyl (C=O) groups excluding carboxylic acids is 2. The molecule has 154 valence electrons. The lowest BCUT2D eigenvalue weighted by Crippen LogP contribution is -2.49. The molecule has 1 fully saturated rings. The summed E-state index contributed by atoms with van der Waals surface area (Å²) in [6, 6.07) is 6.70. The van der Waals surface area contributed by atoms with Gasteiger partial charge in [-0.3, -0.25) is 9.69 Å². The lowest BCUT2D eigenvalue weighted by Gasteiger charge is -2.34. The molecule has 9 heteroatoms. The smallest absolute Gasteiger partial charge is 0.358 e. The second-order valence-electron chi connectivity index (χ2n) is 6.53. The van der Waals surface area contributed by atoms with Crippen molar-refractivity contribution >= 4 is 28.3 Å². The van der Waals surface area contributed by atoms with Crippen molar-refractivity contribution < 1.29 is 18.7 Å². The third-order valence-corrected chi connectivity index (χ3v) is 5.31.